The van der Waals surface area contributed by atoms with E-state index >= 15 is 0 Å². The van der Waals surface area contributed by atoms with Gasteiger partial charge in [0.1, 0.15) is 5.82 Å². The molecule has 2 N–H and O–H groups in total. The molecule has 0 atom stereocenters. The molecule has 1 aromatic heterocycles. The SMILES string of the molecule is O=S(=O)(Nc1nc2ccccc2[nH]1)c1cccc(F)c1. The molecular formula is C13H10FN3O2S. The summed E-state index contributed by atoms with van der Waals surface area (Å²) in [7, 11) is -3.87. The third kappa shape index (κ3) is 2.35. The van der Waals surface area contributed by atoms with Crippen LogP contribution in [0.5, 0.6) is 0 Å². The maximum Gasteiger partial charge on any atom is 0.264 e. The fraction of sp³-hybridized carbons (Fsp3) is 0. The molecule has 0 unspecified atom stereocenters. The Balaban J connectivity index is 1.97. The molecule has 20 heavy (non-hydrogen) atoms. The predicted molar refractivity (Wildman–Crippen MR) is 73.3 cm³/mol. The molecule has 7 heteroatoms. The Labute approximate surface area is 114 Å². The zero-order chi connectivity index (χ0) is 14.2. The Morgan fingerprint density at radius 3 is 2.65 bits per heavy atom. The smallest absolute Gasteiger partial charge is 0.264 e. The summed E-state index contributed by atoms with van der Waals surface area (Å²) in [6, 6.07) is 11.9. The molecule has 0 radical (unpaired) electrons. The van der Waals surface area contributed by atoms with Gasteiger partial charge in [-0.2, -0.15) is 0 Å². The van der Waals surface area contributed by atoms with E-state index in [1.54, 1.807) is 18.2 Å². The summed E-state index contributed by atoms with van der Waals surface area (Å²) in [5, 5.41) is 0. The number of H-pyrrole nitrogens is 1. The number of rotatable bonds is 3. The predicted octanol–water partition coefficient (Wildman–Crippen LogP) is 2.50. The molecule has 0 aliphatic heterocycles. The summed E-state index contributed by atoms with van der Waals surface area (Å²) in [5.74, 6) is -0.520. The van der Waals surface area contributed by atoms with Gasteiger partial charge in [0, 0.05) is 0 Å². The van der Waals surface area contributed by atoms with Crippen LogP contribution in [-0.2, 0) is 10.0 Å². The molecule has 0 amide bonds. The molecule has 0 saturated carbocycles. The van der Waals surface area contributed by atoms with Crippen molar-refractivity contribution in [1.29, 1.82) is 0 Å². The number of hydrogen-bond acceptors (Lipinski definition) is 3. The Hall–Kier alpha value is -2.41. The number of anilines is 1. The van der Waals surface area contributed by atoms with Crippen molar-refractivity contribution in [3.63, 3.8) is 0 Å². The van der Waals surface area contributed by atoms with E-state index in [-0.39, 0.29) is 10.8 Å². The summed E-state index contributed by atoms with van der Waals surface area (Å²) in [6.45, 7) is 0. The van der Waals surface area contributed by atoms with Crippen molar-refractivity contribution >= 4 is 27.0 Å². The number of hydrogen-bond donors (Lipinski definition) is 2. The van der Waals surface area contributed by atoms with Gasteiger partial charge in [-0.3, -0.25) is 0 Å². The van der Waals surface area contributed by atoms with E-state index in [9.17, 15) is 12.8 Å². The summed E-state index contributed by atoms with van der Waals surface area (Å²) in [5.41, 5.74) is 1.36. The van der Waals surface area contributed by atoms with Gasteiger partial charge in [-0.05, 0) is 30.3 Å². The van der Waals surface area contributed by atoms with Gasteiger partial charge in [0.2, 0.25) is 5.95 Å². The summed E-state index contributed by atoms with van der Waals surface area (Å²) in [6.07, 6.45) is 0. The number of benzene rings is 2. The molecule has 0 fully saturated rings. The van der Waals surface area contributed by atoms with Crippen LogP contribution in [0, 0.1) is 5.82 Å². The molecule has 1 heterocycles. The zero-order valence-electron chi connectivity index (χ0n) is 10.2. The highest BCUT2D eigenvalue weighted by Gasteiger charge is 2.16. The lowest BCUT2D eigenvalue weighted by atomic mass is 10.3. The molecule has 2 aromatic carbocycles. The third-order valence-electron chi connectivity index (χ3n) is 2.73. The first kappa shape index (κ1) is 12.6. The fourth-order valence-corrected chi connectivity index (χ4v) is 2.82. The second-order valence-corrected chi connectivity index (χ2v) is 5.85. The largest absolute Gasteiger partial charge is 0.323 e. The maximum atomic E-state index is 13.1. The van der Waals surface area contributed by atoms with Gasteiger partial charge in [0.25, 0.3) is 10.0 Å². The lowest BCUT2D eigenvalue weighted by Gasteiger charge is -2.04. The number of nitrogens with one attached hydrogen (secondary N) is 2. The van der Waals surface area contributed by atoms with Crippen molar-refractivity contribution in [1.82, 2.24) is 9.97 Å². The van der Waals surface area contributed by atoms with Crippen molar-refractivity contribution in [2.75, 3.05) is 4.72 Å². The van der Waals surface area contributed by atoms with Crippen LogP contribution >= 0.6 is 0 Å². The number of halogens is 1. The number of imidazole rings is 1. The number of aromatic amines is 1. The van der Waals surface area contributed by atoms with Gasteiger partial charge in [0.05, 0.1) is 15.9 Å². The third-order valence-corrected chi connectivity index (χ3v) is 4.06. The molecule has 0 spiro atoms. The van der Waals surface area contributed by atoms with E-state index in [1.165, 1.54) is 18.2 Å². The summed E-state index contributed by atoms with van der Waals surface area (Å²) in [4.78, 5) is 6.79. The highest BCUT2D eigenvalue weighted by Crippen LogP contribution is 2.18. The van der Waals surface area contributed by atoms with Gasteiger partial charge in [-0.25, -0.2) is 22.5 Å². The van der Waals surface area contributed by atoms with Gasteiger partial charge < -0.3 is 4.98 Å². The Morgan fingerprint density at radius 1 is 1.10 bits per heavy atom. The monoisotopic (exact) mass is 291 g/mol. The highest BCUT2D eigenvalue weighted by molar-refractivity contribution is 7.92. The number of sulfonamides is 1. The first-order valence-corrected chi connectivity index (χ1v) is 7.26. The van der Waals surface area contributed by atoms with Gasteiger partial charge in [-0.1, -0.05) is 18.2 Å². The fourth-order valence-electron chi connectivity index (χ4n) is 1.82. The van der Waals surface area contributed by atoms with Crippen molar-refractivity contribution < 1.29 is 12.8 Å². The van der Waals surface area contributed by atoms with Gasteiger partial charge in [-0.15, -0.1) is 0 Å². The topological polar surface area (TPSA) is 74.8 Å². The molecule has 3 rings (SSSR count). The average Bonchev–Trinajstić information content (AvgIpc) is 2.80. The normalized spacial score (nSPS) is 11.7. The first-order chi connectivity index (χ1) is 9.54. The number of fused-ring (bicyclic) bond motifs is 1. The standard InChI is InChI=1S/C13H10FN3O2S/c14-9-4-3-5-10(8-9)20(18,19)17-13-15-11-6-1-2-7-12(11)16-13/h1-8H,(H2,15,16,17). The maximum absolute atomic E-state index is 13.1. The van der Waals surface area contributed by atoms with E-state index < -0.39 is 15.8 Å². The van der Waals surface area contributed by atoms with E-state index in [4.69, 9.17) is 0 Å². The average molecular weight is 291 g/mol. The van der Waals surface area contributed by atoms with E-state index in [2.05, 4.69) is 14.7 Å². The van der Waals surface area contributed by atoms with Crippen molar-refractivity contribution in [2.45, 2.75) is 4.90 Å². The van der Waals surface area contributed by atoms with Crippen LogP contribution in [0.15, 0.2) is 53.4 Å². The second-order valence-electron chi connectivity index (χ2n) is 4.17. The lowest BCUT2D eigenvalue weighted by molar-refractivity contribution is 0.595. The Bertz CT molecular complexity index is 841. The molecule has 102 valence electrons. The molecule has 0 aliphatic rings. The summed E-state index contributed by atoms with van der Waals surface area (Å²) >= 11 is 0. The van der Waals surface area contributed by atoms with Crippen LogP contribution < -0.4 is 4.72 Å². The van der Waals surface area contributed by atoms with Crippen LogP contribution in [-0.4, -0.2) is 18.4 Å². The lowest BCUT2D eigenvalue weighted by Crippen LogP contribution is -2.14. The Kier molecular flexibility index (Phi) is 2.90. The number of nitrogens with zero attached hydrogens (tertiary/aromatic N) is 1. The minimum absolute atomic E-state index is 0.0930. The molecule has 0 saturated heterocycles. The van der Waals surface area contributed by atoms with Crippen LogP contribution in [0.1, 0.15) is 0 Å². The Morgan fingerprint density at radius 2 is 1.90 bits per heavy atom. The van der Waals surface area contributed by atoms with E-state index in [0.29, 0.717) is 11.0 Å². The van der Waals surface area contributed by atoms with Crippen LogP contribution in [0.2, 0.25) is 0 Å². The second kappa shape index (κ2) is 4.61. The number of aromatic nitrogens is 2. The summed E-state index contributed by atoms with van der Waals surface area (Å²) < 4.78 is 39.6. The first-order valence-electron chi connectivity index (χ1n) is 5.78. The van der Waals surface area contributed by atoms with Crippen molar-refractivity contribution in [2.24, 2.45) is 0 Å². The van der Waals surface area contributed by atoms with Crippen LogP contribution in [0.4, 0.5) is 10.3 Å². The minimum atomic E-state index is -3.87. The number of para-hydroxylation sites is 2. The molecule has 3 aromatic rings. The van der Waals surface area contributed by atoms with Crippen molar-refractivity contribution in [3.05, 3.63) is 54.3 Å². The highest BCUT2D eigenvalue weighted by atomic mass is 32.2. The molecule has 0 bridgehead atoms. The quantitative estimate of drug-likeness (QED) is 0.778. The molecular weight excluding hydrogens is 281 g/mol. The van der Waals surface area contributed by atoms with E-state index in [1.807, 2.05) is 6.07 Å². The van der Waals surface area contributed by atoms with Crippen molar-refractivity contribution in [3.8, 4) is 0 Å². The minimum Gasteiger partial charge on any atom is -0.323 e. The van der Waals surface area contributed by atoms with E-state index in [0.717, 1.165) is 6.07 Å². The van der Waals surface area contributed by atoms with Gasteiger partial charge >= 0.3 is 0 Å². The molecule has 5 nitrogen and oxygen atoms in total. The van der Waals surface area contributed by atoms with Crippen LogP contribution in [0.3, 0.4) is 0 Å². The molecule has 0 aliphatic carbocycles. The van der Waals surface area contributed by atoms with Crippen LogP contribution in [0.25, 0.3) is 11.0 Å². The zero-order valence-corrected chi connectivity index (χ0v) is 11.0. The van der Waals surface area contributed by atoms with Gasteiger partial charge in [0.15, 0.2) is 0 Å².